The third kappa shape index (κ3) is 2.11. The lowest BCUT2D eigenvalue weighted by Gasteiger charge is -2.12. The molecule has 10 heavy (non-hydrogen) atoms. The first-order valence-corrected chi connectivity index (χ1v) is 4.76. The number of carbonyl (C=O) groups excluding carboxylic acids is 1. The number of hydrogen-bond donors (Lipinski definition) is 0. The molecule has 0 aromatic carbocycles. The van der Waals surface area contributed by atoms with Crippen molar-refractivity contribution in [1.82, 2.24) is 0 Å². The molecular weight excluding hydrogens is 243 g/mol. The summed E-state index contributed by atoms with van der Waals surface area (Å²) < 4.78 is 5.62. The maximum Gasteiger partial charge on any atom is 0.302 e. The van der Waals surface area contributed by atoms with E-state index in [9.17, 15) is 4.79 Å². The molecule has 0 aliphatic heterocycles. The number of alkyl halides is 1. The highest BCUT2D eigenvalue weighted by Crippen LogP contribution is 2.28. The summed E-state index contributed by atoms with van der Waals surface area (Å²) in [5.41, 5.74) is 0. The summed E-state index contributed by atoms with van der Waals surface area (Å²) >= 11 is 2.35. The standard InChI is InChI=1S/C7H11IO2/c1-5(9)10-7-4-2-3-6(7)8/h6-7H,2-4H2,1H3/t6-,7-/m0/s1. The average molecular weight is 254 g/mol. The van der Waals surface area contributed by atoms with Gasteiger partial charge in [0, 0.05) is 10.8 Å². The molecule has 58 valence electrons. The number of rotatable bonds is 1. The quantitative estimate of drug-likeness (QED) is 0.406. The molecule has 0 spiro atoms. The van der Waals surface area contributed by atoms with E-state index in [1.54, 1.807) is 0 Å². The van der Waals surface area contributed by atoms with Crippen LogP contribution in [-0.2, 0) is 9.53 Å². The van der Waals surface area contributed by atoms with Crippen LogP contribution in [0.4, 0.5) is 0 Å². The molecule has 0 radical (unpaired) electrons. The molecule has 0 N–H and O–H groups in total. The highest BCUT2D eigenvalue weighted by Gasteiger charge is 2.26. The smallest absolute Gasteiger partial charge is 0.302 e. The van der Waals surface area contributed by atoms with E-state index in [4.69, 9.17) is 4.74 Å². The van der Waals surface area contributed by atoms with E-state index < -0.39 is 0 Å². The molecule has 1 aliphatic rings. The van der Waals surface area contributed by atoms with Gasteiger partial charge in [0.05, 0.1) is 0 Å². The van der Waals surface area contributed by atoms with Crippen molar-refractivity contribution >= 4 is 28.6 Å². The lowest BCUT2D eigenvalue weighted by atomic mass is 10.3. The zero-order valence-corrected chi connectivity index (χ0v) is 8.13. The van der Waals surface area contributed by atoms with Gasteiger partial charge in [-0.3, -0.25) is 4.79 Å². The van der Waals surface area contributed by atoms with Gasteiger partial charge >= 0.3 is 5.97 Å². The predicted molar refractivity (Wildman–Crippen MR) is 47.2 cm³/mol. The monoisotopic (exact) mass is 254 g/mol. The van der Waals surface area contributed by atoms with E-state index in [-0.39, 0.29) is 12.1 Å². The Morgan fingerprint density at radius 1 is 1.60 bits per heavy atom. The van der Waals surface area contributed by atoms with Crippen molar-refractivity contribution in [2.24, 2.45) is 0 Å². The molecule has 0 aromatic heterocycles. The Balaban J connectivity index is 2.33. The first-order valence-electron chi connectivity index (χ1n) is 3.51. The Labute approximate surface area is 74.5 Å². The first kappa shape index (κ1) is 8.30. The Bertz CT molecular complexity index is 136. The molecule has 1 saturated carbocycles. The topological polar surface area (TPSA) is 26.3 Å². The molecule has 3 heteroatoms. The van der Waals surface area contributed by atoms with Crippen LogP contribution in [0.2, 0.25) is 0 Å². The van der Waals surface area contributed by atoms with Crippen molar-refractivity contribution in [3.05, 3.63) is 0 Å². The predicted octanol–water partition coefficient (Wildman–Crippen LogP) is 1.91. The number of halogens is 1. The van der Waals surface area contributed by atoms with Crippen LogP contribution < -0.4 is 0 Å². The molecule has 0 unspecified atom stereocenters. The second-order valence-corrected chi connectivity index (χ2v) is 4.19. The van der Waals surface area contributed by atoms with Crippen molar-refractivity contribution in [2.45, 2.75) is 36.2 Å². The van der Waals surface area contributed by atoms with Gasteiger partial charge in [-0.1, -0.05) is 22.6 Å². The van der Waals surface area contributed by atoms with Crippen LogP contribution in [0.3, 0.4) is 0 Å². The molecule has 0 heterocycles. The van der Waals surface area contributed by atoms with E-state index in [1.807, 2.05) is 0 Å². The van der Waals surface area contributed by atoms with Gasteiger partial charge in [0.2, 0.25) is 0 Å². The molecule has 0 aromatic rings. The lowest BCUT2D eigenvalue weighted by Crippen LogP contribution is -2.20. The van der Waals surface area contributed by atoms with E-state index in [0.29, 0.717) is 3.92 Å². The Morgan fingerprint density at radius 3 is 2.70 bits per heavy atom. The van der Waals surface area contributed by atoms with Crippen LogP contribution in [-0.4, -0.2) is 16.0 Å². The van der Waals surface area contributed by atoms with E-state index in [0.717, 1.165) is 6.42 Å². The Kier molecular flexibility index (Phi) is 2.95. The maximum absolute atomic E-state index is 10.5. The van der Waals surface area contributed by atoms with Gasteiger partial charge in [0.25, 0.3) is 0 Å². The average Bonchev–Trinajstić information content (AvgIpc) is 2.15. The highest BCUT2D eigenvalue weighted by molar-refractivity contribution is 14.1. The second-order valence-electron chi connectivity index (χ2n) is 2.59. The van der Waals surface area contributed by atoms with E-state index in [1.165, 1.54) is 19.8 Å². The summed E-state index contributed by atoms with van der Waals surface area (Å²) in [7, 11) is 0. The largest absolute Gasteiger partial charge is 0.461 e. The molecule has 2 nitrogen and oxygen atoms in total. The summed E-state index contributed by atoms with van der Waals surface area (Å²) in [6.45, 7) is 1.47. The lowest BCUT2D eigenvalue weighted by molar-refractivity contribution is -0.145. The van der Waals surface area contributed by atoms with Crippen LogP contribution in [0.15, 0.2) is 0 Å². The summed E-state index contributed by atoms with van der Waals surface area (Å²) in [4.78, 5) is 10.5. The first-order chi connectivity index (χ1) is 4.70. The molecule has 0 amide bonds. The molecule has 2 atom stereocenters. The minimum atomic E-state index is -0.145. The maximum atomic E-state index is 10.5. The van der Waals surface area contributed by atoms with Gasteiger partial charge in [0.1, 0.15) is 6.10 Å². The minimum Gasteiger partial charge on any atom is -0.461 e. The van der Waals surface area contributed by atoms with E-state index >= 15 is 0 Å². The highest BCUT2D eigenvalue weighted by atomic mass is 127. The summed E-state index contributed by atoms with van der Waals surface area (Å²) in [5, 5.41) is 0. The van der Waals surface area contributed by atoms with Gasteiger partial charge in [-0.25, -0.2) is 0 Å². The third-order valence-corrected chi connectivity index (χ3v) is 3.11. The zero-order chi connectivity index (χ0) is 7.56. The number of esters is 1. The van der Waals surface area contributed by atoms with Crippen molar-refractivity contribution < 1.29 is 9.53 Å². The number of ether oxygens (including phenoxy) is 1. The molecule has 0 bridgehead atoms. The molecule has 0 saturated heterocycles. The fourth-order valence-electron chi connectivity index (χ4n) is 1.23. The molecular formula is C7H11IO2. The Morgan fingerprint density at radius 2 is 2.30 bits per heavy atom. The molecule has 1 rings (SSSR count). The van der Waals surface area contributed by atoms with Crippen molar-refractivity contribution in [1.29, 1.82) is 0 Å². The van der Waals surface area contributed by atoms with Crippen molar-refractivity contribution in [2.75, 3.05) is 0 Å². The van der Waals surface area contributed by atoms with Crippen molar-refractivity contribution in [3.63, 3.8) is 0 Å². The number of hydrogen-bond acceptors (Lipinski definition) is 2. The fraction of sp³-hybridized carbons (Fsp3) is 0.857. The Hall–Kier alpha value is 0.200. The van der Waals surface area contributed by atoms with Crippen LogP contribution in [0.1, 0.15) is 26.2 Å². The van der Waals surface area contributed by atoms with Gasteiger partial charge in [-0.2, -0.15) is 0 Å². The van der Waals surface area contributed by atoms with Crippen molar-refractivity contribution in [3.8, 4) is 0 Å². The molecule has 1 aliphatic carbocycles. The van der Waals surface area contributed by atoms with Crippen LogP contribution in [0.25, 0.3) is 0 Å². The number of carbonyl (C=O) groups is 1. The van der Waals surface area contributed by atoms with E-state index in [2.05, 4.69) is 22.6 Å². The van der Waals surface area contributed by atoms with Crippen LogP contribution >= 0.6 is 22.6 Å². The van der Waals surface area contributed by atoms with Gasteiger partial charge < -0.3 is 4.74 Å². The molecule has 1 fully saturated rings. The van der Waals surface area contributed by atoms with Crippen LogP contribution in [0.5, 0.6) is 0 Å². The van der Waals surface area contributed by atoms with Crippen LogP contribution in [0, 0.1) is 0 Å². The SMILES string of the molecule is CC(=O)O[C@H]1CCC[C@@H]1I. The summed E-state index contributed by atoms with van der Waals surface area (Å²) in [6, 6.07) is 0. The zero-order valence-electron chi connectivity index (χ0n) is 5.97. The minimum absolute atomic E-state index is 0.145. The summed E-state index contributed by atoms with van der Waals surface area (Å²) in [5.74, 6) is -0.145. The normalized spacial score (nSPS) is 32.2. The fourth-order valence-corrected chi connectivity index (χ4v) is 2.17. The van der Waals surface area contributed by atoms with Gasteiger partial charge in [-0.05, 0) is 19.3 Å². The summed E-state index contributed by atoms with van der Waals surface area (Å²) in [6.07, 6.45) is 3.63. The second kappa shape index (κ2) is 3.55. The third-order valence-electron chi connectivity index (χ3n) is 1.69. The van der Waals surface area contributed by atoms with Gasteiger partial charge in [-0.15, -0.1) is 0 Å². The van der Waals surface area contributed by atoms with Gasteiger partial charge in [0.15, 0.2) is 0 Å².